The molecular formula is C53H80N16O14. The van der Waals surface area contributed by atoms with Gasteiger partial charge in [-0.2, -0.15) is 0 Å². The smallest absolute Gasteiger partial charge is 0.328 e. The SMILES string of the molecule is COC(=O)[C@H](CCCN=C(N)N)NC(=O)[C@H](CCCN=C(N)N)NC(=O)COc1cc(OCC=C(C)C)cc2oc3cc(OCC=C(C)C)cc(OCC(=O)N[C@@H](CCCN=C(N)N)C(=O)N[C@@H](CCCN=C(N)N)C(=O)OC)c3c(=O)c12. The summed E-state index contributed by atoms with van der Waals surface area (Å²) in [6, 6.07) is 0.832. The Morgan fingerprint density at radius 1 is 0.494 bits per heavy atom. The third-order valence-electron chi connectivity index (χ3n) is 11.6. The molecule has 4 atom stereocenters. The number of methoxy groups -OCH3 is 2. The van der Waals surface area contributed by atoms with Crippen LogP contribution in [0.4, 0.5) is 0 Å². The van der Waals surface area contributed by atoms with Crippen molar-refractivity contribution in [3.05, 3.63) is 57.8 Å². The van der Waals surface area contributed by atoms with Gasteiger partial charge in [0.2, 0.25) is 17.2 Å². The van der Waals surface area contributed by atoms with Gasteiger partial charge >= 0.3 is 11.9 Å². The summed E-state index contributed by atoms with van der Waals surface area (Å²) in [4.78, 5) is 111. The van der Waals surface area contributed by atoms with Crippen molar-refractivity contribution >= 4 is 81.3 Å². The molecule has 0 unspecified atom stereocenters. The number of guanidine groups is 4. The summed E-state index contributed by atoms with van der Waals surface area (Å²) in [6.07, 6.45) is 4.75. The van der Waals surface area contributed by atoms with Gasteiger partial charge < -0.3 is 100.0 Å². The molecule has 1 aromatic heterocycles. The number of nitrogens with two attached hydrogens (primary N) is 8. The second-order valence-corrected chi connectivity index (χ2v) is 19.0. The van der Waals surface area contributed by atoms with Gasteiger partial charge in [0, 0.05) is 50.4 Å². The zero-order chi connectivity index (χ0) is 61.6. The van der Waals surface area contributed by atoms with Crippen molar-refractivity contribution in [3.63, 3.8) is 0 Å². The summed E-state index contributed by atoms with van der Waals surface area (Å²) in [5, 5.41) is 10.1. The van der Waals surface area contributed by atoms with Crippen molar-refractivity contribution in [2.75, 3.05) is 66.8 Å². The van der Waals surface area contributed by atoms with Gasteiger partial charge in [-0.1, -0.05) is 11.1 Å². The molecule has 0 spiro atoms. The summed E-state index contributed by atoms with van der Waals surface area (Å²) in [7, 11) is 2.31. The van der Waals surface area contributed by atoms with Crippen LogP contribution in [0.5, 0.6) is 23.0 Å². The van der Waals surface area contributed by atoms with Crippen molar-refractivity contribution in [2.45, 2.75) is 103 Å². The number of nitrogens with zero attached hydrogens (tertiary/aromatic N) is 4. The number of hydrogen-bond donors (Lipinski definition) is 12. The lowest BCUT2D eigenvalue weighted by molar-refractivity contribution is -0.146. The van der Waals surface area contributed by atoms with Crippen LogP contribution in [0.1, 0.15) is 79.1 Å². The van der Waals surface area contributed by atoms with Gasteiger partial charge in [0.1, 0.15) is 82.3 Å². The molecule has 83 heavy (non-hydrogen) atoms. The number of amides is 4. The van der Waals surface area contributed by atoms with Crippen molar-refractivity contribution in [1.29, 1.82) is 0 Å². The summed E-state index contributed by atoms with van der Waals surface area (Å²) in [5.74, 6) is -5.40. The molecule has 0 aliphatic carbocycles. The number of nitrogens with one attached hydrogen (secondary N) is 4. The quantitative estimate of drug-likeness (QED) is 0.00820. The minimum atomic E-state index is -1.27. The van der Waals surface area contributed by atoms with Crippen LogP contribution in [0.25, 0.3) is 21.9 Å². The first-order valence-corrected chi connectivity index (χ1v) is 26.4. The Kier molecular flexibility index (Phi) is 28.8. The van der Waals surface area contributed by atoms with Gasteiger partial charge in [0.25, 0.3) is 11.8 Å². The molecule has 0 radical (unpaired) electrons. The minimum absolute atomic E-state index is 0.00475. The van der Waals surface area contributed by atoms with E-state index >= 15 is 0 Å². The summed E-state index contributed by atoms with van der Waals surface area (Å²) in [5.41, 5.74) is 44.7. The Balaban J connectivity index is 2.11. The number of hydrogen-bond acceptors (Lipinski definition) is 18. The Labute approximate surface area is 479 Å². The number of benzene rings is 2. The van der Waals surface area contributed by atoms with Crippen LogP contribution in [0.2, 0.25) is 0 Å². The van der Waals surface area contributed by atoms with Gasteiger partial charge in [-0.25, -0.2) is 9.59 Å². The van der Waals surface area contributed by atoms with E-state index < -0.39 is 78.4 Å². The fraction of sp³-hybridized carbons (Fsp3) is 0.491. The van der Waals surface area contributed by atoms with Crippen molar-refractivity contribution < 1.29 is 61.6 Å². The molecular weight excluding hydrogens is 1080 g/mol. The fourth-order valence-electron chi connectivity index (χ4n) is 7.62. The molecule has 2 aromatic carbocycles. The van der Waals surface area contributed by atoms with Crippen LogP contribution in [-0.4, -0.2) is 150 Å². The third kappa shape index (κ3) is 24.8. The fourth-order valence-corrected chi connectivity index (χ4v) is 7.62. The Morgan fingerprint density at radius 3 is 1.12 bits per heavy atom. The summed E-state index contributed by atoms with van der Waals surface area (Å²) < 4.78 is 40.4. The van der Waals surface area contributed by atoms with E-state index in [0.29, 0.717) is 0 Å². The predicted molar refractivity (Wildman–Crippen MR) is 312 cm³/mol. The van der Waals surface area contributed by atoms with Crippen molar-refractivity contribution in [3.8, 4) is 23.0 Å². The molecule has 0 saturated heterocycles. The first kappa shape index (κ1) is 67.8. The molecule has 0 aliphatic heterocycles. The maximum atomic E-state index is 15.0. The molecule has 0 bridgehead atoms. The van der Waals surface area contributed by atoms with Crippen LogP contribution < -0.4 is 91.5 Å². The predicted octanol–water partition coefficient (Wildman–Crippen LogP) is -1.11. The highest BCUT2D eigenvalue weighted by Gasteiger charge is 2.30. The number of allylic oxidation sites excluding steroid dienone is 2. The summed E-state index contributed by atoms with van der Waals surface area (Å²) in [6.45, 7) is 6.62. The molecule has 4 amide bonds. The monoisotopic (exact) mass is 1160 g/mol. The van der Waals surface area contributed by atoms with Crippen molar-refractivity contribution in [1.82, 2.24) is 21.3 Å². The van der Waals surface area contributed by atoms with Gasteiger partial charge in [-0.15, -0.1) is 0 Å². The molecule has 30 nitrogen and oxygen atoms in total. The van der Waals surface area contributed by atoms with Gasteiger partial charge in [-0.3, -0.25) is 43.9 Å². The number of carbonyl (C=O) groups excluding carboxylic acids is 6. The molecule has 3 rings (SSSR count). The lowest BCUT2D eigenvalue weighted by Crippen LogP contribution is -2.52. The average Bonchev–Trinajstić information content (AvgIpc) is 1.61. The second-order valence-electron chi connectivity index (χ2n) is 19.0. The van der Waals surface area contributed by atoms with E-state index in [2.05, 4.69) is 41.2 Å². The standard InChI is InChI=1S/C53H80N16O14/c1-29(2)15-21-79-31-23-37(81-27-41(70)66-33(11-7-17-62-50(54)55)46(73)68-35(48(75)77-5)13-9-19-64-52(58)59)43-39(25-31)83-40-26-32(80-22-16-30(3)4)24-38(44(40)45(43)72)82-28-42(71)67-34(12-8-18-63-51(56)57)47(74)69-36(49(76)78-6)14-10-20-65-53(60)61/h15-16,23-26,33-36H,7-14,17-22,27-28H2,1-6H3,(H,66,70)(H,67,71)(H,68,73)(H,69,74)(H4,54,55,62)(H4,56,57,63)(H4,58,59,64)(H4,60,61,65)/t33-,34-,35-,36-/m0/s1. The van der Waals surface area contributed by atoms with Crippen LogP contribution >= 0.6 is 0 Å². The normalized spacial score (nSPS) is 12.1. The van der Waals surface area contributed by atoms with Gasteiger partial charge in [0.15, 0.2) is 37.1 Å². The molecule has 30 heteroatoms. The number of fused-ring (bicyclic) bond motifs is 2. The number of esters is 2. The number of rotatable bonds is 36. The maximum absolute atomic E-state index is 15.0. The largest absolute Gasteiger partial charge is 0.489 e. The lowest BCUT2D eigenvalue weighted by atomic mass is 10.1. The van der Waals surface area contributed by atoms with E-state index in [1.54, 1.807) is 12.2 Å². The zero-order valence-corrected chi connectivity index (χ0v) is 47.7. The van der Waals surface area contributed by atoms with Crippen LogP contribution in [-0.2, 0) is 38.2 Å². The van der Waals surface area contributed by atoms with E-state index in [9.17, 15) is 33.6 Å². The minimum Gasteiger partial charge on any atom is -0.489 e. The molecule has 1 heterocycles. The lowest BCUT2D eigenvalue weighted by Gasteiger charge is -2.22. The molecule has 20 N–H and O–H groups in total. The zero-order valence-electron chi connectivity index (χ0n) is 47.7. The Hall–Kier alpha value is -9.51. The second kappa shape index (κ2) is 35.3. The summed E-state index contributed by atoms with van der Waals surface area (Å²) >= 11 is 0. The van der Waals surface area contributed by atoms with Crippen molar-refractivity contribution in [2.24, 2.45) is 65.8 Å². The van der Waals surface area contributed by atoms with E-state index in [0.717, 1.165) is 25.4 Å². The third-order valence-corrected chi connectivity index (χ3v) is 11.6. The Bertz CT molecular complexity index is 2760. The maximum Gasteiger partial charge on any atom is 0.328 e. The van der Waals surface area contributed by atoms with Crippen LogP contribution in [0.15, 0.2) is 76.7 Å². The topological polar surface area (TPSA) is 494 Å². The molecule has 0 fully saturated rings. The first-order valence-electron chi connectivity index (χ1n) is 26.4. The first-order chi connectivity index (χ1) is 39.4. The average molecular weight is 1170 g/mol. The van der Waals surface area contributed by atoms with Gasteiger partial charge in [-0.05, 0) is 91.2 Å². The van der Waals surface area contributed by atoms with E-state index in [1.165, 1.54) is 24.3 Å². The molecule has 3 aromatic rings. The number of aliphatic imine (C=N–C) groups is 4. The highest BCUT2D eigenvalue weighted by Crippen LogP contribution is 2.36. The van der Waals surface area contributed by atoms with Crippen LogP contribution in [0.3, 0.4) is 0 Å². The molecule has 0 aliphatic rings. The van der Waals surface area contributed by atoms with E-state index in [4.69, 9.17) is 78.7 Å². The van der Waals surface area contributed by atoms with Gasteiger partial charge in [0.05, 0.1) is 14.2 Å². The van der Waals surface area contributed by atoms with E-state index in [1.807, 2.05) is 27.7 Å². The van der Waals surface area contributed by atoms with Crippen LogP contribution in [0, 0.1) is 0 Å². The molecule has 0 saturated carbocycles. The number of ether oxygens (including phenoxy) is 6. The van der Waals surface area contributed by atoms with E-state index in [-0.39, 0.29) is 160 Å². The highest BCUT2D eigenvalue weighted by atomic mass is 16.5. The highest BCUT2D eigenvalue weighted by molar-refractivity contribution is 5.98. The number of carbonyl (C=O) groups is 6. The molecule has 456 valence electrons. The Morgan fingerprint density at radius 2 is 0.819 bits per heavy atom.